The number of hydrogen-bond donors (Lipinski definition) is 0. The number of alkyl halides is 1. The molecule has 0 N–H and O–H groups in total. The SMILES string of the molecule is CCOC(=O)c1oc(CP(=O)(OCC)OCC)cc1CCl. The quantitative estimate of drug-likeness (QED) is 0.385. The van der Waals surface area contributed by atoms with E-state index in [4.69, 9.17) is 29.8 Å². The van der Waals surface area contributed by atoms with Crippen LogP contribution in [0.25, 0.3) is 0 Å². The van der Waals surface area contributed by atoms with Crippen molar-refractivity contribution in [2.24, 2.45) is 0 Å². The molecule has 1 rings (SSSR count). The van der Waals surface area contributed by atoms with Crippen LogP contribution in [0, 0.1) is 0 Å². The fourth-order valence-electron chi connectivity index (χ4n) is 1.75. The third-order valence-electron chi connectivity index (χ3n) is 2.47. The van der Waals surface area contributed by atoms with Crippen molar-refractivity contribution in [1.82, 2.24) is 0 Å². The largest absolute Gasteiger partial charge is 0.460 e. The average Bonchev–Trinajstić information content (AvgIpc) is 2.82. The maximum atomic E-state index is 12.4. The second-order valence-electron chi connectivity index (χ2n) is 4.03. The van der Waals surface area contributed by atoms with Crippen molar-refractivity contribution in [2.45, 2.75) is 32.8 Å². The van der Waals surface area contributed by atoms with Gasteiger partial charge < -0.3 is 18.2 Å². The third-order valence-corrected chi connectivity index (χ3v) is 4.76. The first-order chi connectivity index (χ1) is 9.99. The van der Waals surface area contributed by atoms with Crippen LogP contribution in [0.1, 0.15) is 42.6 Å². The number of furan rings is 1. The Hall–Kier alpha value is -0.810. The van der Waals surface area contributed by atoms with E-state index >= 15 is 0 Å². The van der Waals surface area contributed by atoms with Gasteiger partial charge in [0.1, 0.15) is 11.9 Å². The van der Waals surface area contributed by atoms with Gasteiger partial charge in [0.2, 0.25) is 5.76 Å². The van der Waals surface area contributed by atoms with Gasteiger partial charge in [0.25, 0.3) is 0 Å². The Morgan fingerprint density at radius 1 is 1.24 bits per heavy atom. The van der Waals surface area contributed by atoms with Gasteiger partial charge in [0.15, 0.2) is 0 Å². The fraction of sp³-hybridized carbons (Fsp3) is 0.615. The molecule has 120 valence electrons. The van der Waals surface area contributed by atoms with E-state index in [2.05, 4.69) is 0 Å². The molecule has 0 aliphatic carbocycles. The number of carbonyl (C=O) groups is 1. The van der Waals surface area contributed by atoms with Crippen molar-refractivity contribution in [3.05, 3.63) is 23.2 Å². The van der Waals surface area contributed by atoms with Crippen LogP contribution < -0.4 is 0 Å². The fourth-order valence-corrected chi connectivity index (χ4v) is 3.53. The van der Waals surface area contributed by atoms with E-state index in [9.17, 15) is 9.36 Å². The molecule has 0 saturated carbocycles. The molecular formula is C13H20ClO6P. The summed E-state index contributed by atoms with van der Waals surface area (Å²) >= 11 is 5.78. The Morgan fingerprint density at radius 2 is 1.86 bits per heavy atom. The Balaban J connectivity index is 2.98. The first-order valence-electron chi connectivity index (χ1n) is 6.72. The Labute approximate surface area is 129 Å². The minimum atomic E-state index is -3.29. The van der Waals surface area contributed by atoms with E-state index in [0.29, 0.717) is 11.3 Å². The number of ether oxygens (including phenoxy) is 1. The third kappa shape index (κ3) is 5.15. The molecule has 1 aromatic rings. The Kier molecular flexibility index (Phi) is 7.46. The summed E-state index contributed by atoms with van der Waals surface area (Å²) in [7, 11) is -3.29. The van der Waals surface area contributed by atoms with Crippen LogP contribution in [-0.4, -0.2) is 25.8 Å². The molecule has 0 unspecified atom stereocenters. The second kappa shape index (κ2) is 8.59. The maximum absolute atomic E-state index is 12.4. The summed E-state index contributed by atoms with van der Waals surface area (Å²) in [4.78, 5) is 11.7. The van der Waals surface area contributed by atoms with Crippen molar-refractivity contribution in [3.8, 4) is 0 Å². The number of hydrogen-bond acceptors (Lipinski definition) is 6. The molecule has 0 amide bonds. The molecule has 6 nitrogen and oxygen atoms in total. The number of esters is 1. The molecule has 0 radical (unpaired) electrons. The Bertz CT molecular complexity index is 503. The highest BCUT2D eigenvalue weighted by Crippen LogP contribution is 2.51. The highest BCUT2D eigenvalue weighted by atomic mass is 35.5. The second-order valence-corrected chi connectivity index (χ2v) is 6.35. The zero-order valence-electron chi connectivity index (χ0n) is 12.4. The smallest absolute Gasteiger partial charge is 0.374 e. The van der Waals surface area contributed by atoms with Crippen LogP contribution in [0.3, 0.4) is 0 Å². The standard InChI is InChI=1S/C13H20ClO6P/c1-4-17-13(15)12-10(8-14)7-11(20-12)9-21(16,18-5-2)19-6-3/h7H,4-6,8-9H2,1-3H3. The van der Waals surface area contributed by atoms with Gasteiger partial charge in [0.05, 0.1) is 25.7 Å². The summed E-state index contributed by atoms with van der Waals surface area (Å²) in [5.74, 6) is -0.159. The predicted molar refractivity (Wildman–Crippen MR) is 78.8 cm³/mol. The summed E-state index contributed by atoms with van der Waals surface area (Å²) in [6.07, 6.45) is -0.0576. The maximum Gasteiger partial charge on any atom is 0.374 e. The van der Waals surface area contributed by atoms with Gasteiger partial charge in [0, 0.05) is 5.56 Å². The van der Waals surface area contributed by atoms with Gasteiger partial charge in [-0.25, -0.2) is 4.79 Å². The molecule has 0 spiro atoms. The minimum Gasteiger partial charge on any atom is -0.460 e. The molecular weight excluding hydrogens is 319 g/mol. The summed E-state index contributed by atoms with van der Waals surface area (Å²) in [6.45, 7) is 5.88. The van der Waals surface area contributed by atoms with Crippen LogP contribution in [-0.2, 0) is 30.4 Å². The highest BCUT2D eigenvalue weighted by Gasteiger charge is 2.28. The summed E-state index contributed by atoms with van der Waals surface area (Å²) in [5, 5.41) is 0. The van der Waals surface area contributed by atoms with E-state index in [1.54, 1.807) is 26.8 Å². The van der Waals surface area contributed by atoms with Crippen molar-refractivity contribution in [3.63, 3.8) is 0 Å². The predicted octanol–water partition coefficient (Wildman–Crippen LogP) is 3.96. The zero-order valence-corrected chi connectivity index (χ0v) is 14.0. The zero-order chi connectivity index (χ0) is 15.9. The number of halogens is 1. The van der Waals surface area contributed by atoms with Crippen LogP contribution in [0.15, 0.2) is 10.5 Å². The summed E-state index contributed by atoms with van der Waals surface area (Å²) in [5.41, 5.74) is 0.490. The van der Waals surface area contributed by atoms with Crippen molar-refractivity contribution < 1.29 is 27.6 Å². The van der Waals surface area contributed by atoms with Crippen molar-refractivity contribution in [2.75, 3.05) is 19.8 Å². The molecule has 8 heteroatoms. The lowest BCUT2D eigenvalue weighted by Gasteiger charge is -2.15. The van der Waals surface area contributed by atoms with Crippen LogP contribution >= 0.6 is 19.2 Å². The van der Waals surface area contributed by atoms with E-state index in [0.717, 1.165) is 0 Å². The van der Waals surface area contributed by atoms with Gasteiger partial charge in [-0.15, -0.1) is 11.6 Å². The molecule has 21 heavy (non-hydrogen) atoms. The summed E-state index contributed by atoms with van der Waals surface area (Å²) < 4.78 is 33.1. The minimum absolute atomic E-state index is 0.0291. The van der Waals surface area contributed by atoms with Crippen molar-refractivity contribution in [1.29, 1.82) is 0 Å². The van der Waals surface area contributed by atoms with Gasteiger partial charge in [-0.3, -0.25) is 4.57 Å². The Morgan fingerprint density at radius 3 is 2.33 bits per heavy atom. The first kappa shape index (κ1) is 18.2. The number of rotatable bonds is 9. The van der Waals surface area contributed by atoms with Crippen LogP contribution in [0.4, 0.5) is 0 Å². The molecule has 0 atom stereocenters. The lowest BCUT2D eigenvalue weighted by Crippen LogP contribution is -2.05. The molecule has 0 aliphatic rings. The van der Waals surface area contributed by atoms with E-state index in [1.807, 2.05) is 0 Å². The molecule has 1 heterocycles. The molecule has 0 aliphatic heterocycles. The van der Waals surface area contributed by atoms with E-state index in [1.165, 1.54) is 0 Å². The van der Waals surface area contributed by atoms with Crippen LogP contribution in [0.2, 0.25) is 0 Å². The van der Waals surface area contributed by atoms with E-state index in [-0.39, 0.29) is 37.6 Å². The topological polar surface area (TPSA) is 75.0 Å². The summed E-state index contributed by atoms with van der Waals surface area (Å²) in [6, 6.07) is 1.57. The van der Waals surface area contributed by atoms with Gasteiger partial charge in [-0.1, -0.05) is 0 Å². The lowest BCUT2D eigenvalue weighted by atomic mass is 10.2. The van der Waals surface area contributed by atoms with Gasteiger partial charge in [-0.2, -0.15) is 0 Å². The normalized spacial score (nSPS) is 11.6. The molecule has 0 bridgehead atoms. The van der Waals surface area contributed by atoms with Gasteiger partial charge in [-0.05, 0) is 26.8 Å². The molecule has 0 saturated heterocycles. The lowest BCUT2D eigenvalue weighted by molar-refractivity contribution is 0.0486. The van der Waals surface area contributed by atoms with E-state index < -0.39 is 13.6 Å². The van der Waals surface area contributed by atoms with Crippen LogP contribution in [0.5, 0.6) is 0 Å². The number of carbonyl (C=O) groups excluding carboxylic acids is 1. The first-order valence-corrected chi connectivity index (χ1v) is 8.98. The molecule has 0 fully saturated rings. The molecule has 1 aromatic heterocycles. The van der Waals surface area contributed by atoms with Gasteiger partial charge >= 0.3 is 13.6 Å². The van der Waals surface area contributed by atoms with Crippen molar-refractivity contribution >= 4 is 25.2 Å². The molecule has 0 aromatic carbocycles. The monoisotopic (exact) mass is 338 g/mol. The highest BCUT2D eigenvalue weighted by molar-refractivity contribution is 7.53. The average molecular weight is 339 g/mol.